The minimum atomic E-state index is 0.256. The van der Waals surface area contributed by atoms with Crippen LogP contribution in [0.4, 0.5) is 5.69 Å². The molecule has 2 aromatic carbocycles. The average Bonchev–Trinajstić information content (AvgIpc) is 2.49. The smallest absolute Gasteiger partial charge is 0.175 e. The summed E-state index contributed by atoms with van der Waals surface area (Å²) in [4.78, 5) is 0. The van der Waals surface area contributed by atoms with Crippen molar-refractivity contribution in [2.75, 3.05) is 19.0 Å². The van der Waals surface area contributed by atoms with Crippen molar-refractivity contribution in [2.45, 2.75) is 13.5 Å². The van der Waals surface area contributed by atoms with Gasteiger partial charge in [-0.3, -0.25) is 0 Å². The first-order chi connectivity index (χ1) is 10.1. The second-order valence-corrected chi connectivity index (χ2v) is 5.30. The first-order valence-electron chi connectivity index (χ1n) is 6.66. The molecule has 0 fully saturated rings. The van der Waals surface area contributed by atoms with E-state index in [9.17, 15) is 5.11 Å². The zero-order valence-electron chi connectivity index (χ0n) is 12.0. The number of benzene rings is 2. The first-order valence-corrected chi connectivity index (χ1v) is 7.45. The lowest BCUT2D eigenvalue weighted by molar-refractivity contribution is 0.308. The van der Waals surface area contributed by atoms with E-state index in [1.165, 1.54) is 0 Å². The molecule has 2 rings (SSSR count). The molecule has 0 atom stereocenters. The third kappa shape index (κ3) is 4.04. The molecule has 0 heterocycles. The van der Waals surface area contributed by atoms with Crippen molar-refractivity contribution >= 4 is 21.6 Å². The number of phenols is 1. The maximum atomic E-state index is 9.26. The van der Waals surface area contributed by atoms with Crippen molar-refractivity contribution < 1.29 is 14.6 Å². The van der Waals surface area contributed by atoms with Crippen LogP contribution in [-0.4, -0.2) is 18.8 Å². The van der Waals surface area contributed by atoms with E-state index < -0.39 is 0 Å². The summed E-state index contributed by atoms with van der Waals surface area (Å²) in [5, 5.41) is 12.6. The number of phenolic OH excluding ortho intramolecular Hbond substituents is 1. The maximum absolute atomic E-state index is 9.26. The van der Waals surface area contributed by atoms with Gasteiger partial charge < -0.3 is 19.9 Å². The summed E-state index contributed by atoms with van der Waals surface area (Å²) in [5.74, 6) is 1.67. The van der Waals surface area contributed by atoms with Gasteiger partial charge in [0.25, 0.3) is 0 Å². The fourth-order valence-electron chi connectivity index (χ4n) is 1.94. The summed E-state index contributed by atoms with van der Waals surface area (Å²) in [6, 6.07) is 10.9. The van der Waals surface area contributed by atoms with Gasteiger partial charge in [-0.05, 0) is 64.8 Å². The highest BCUT2D eigenvalue weighted by Crippen LogP contribution is 2.36. The van der Waals surface area contributed by atoms with E-state index in [1.54, 1.807) is 19.2 Å². The molecule has 0 unspecified atom stereocenters. The highest BCUT2D eigenvalue weighted by Gasteiger charge is 2.11. The van der Waals surface area contributed by atoms with E-state index in [0.29, 0.717) is 24.7 Å². The fraction of sp³-hybridized carbons (Fsp3) is 0.250. The van der Waals surface area contributed by atoms with Gasteiger partial charge in [0.1, 0.15) is 5.75 Å². The molecule has 0 bridgehead atoms. The summed E-state index contributed by atoms with van der Waals surface area (Å²) >= 11 is 3.51. The molecular weight excluding hydrogens is 334 g/mol. The van der Waals surface area contributed by atoms with Gasteiger partial charge in [-0.15, -0.1) is 0 Å². The molecular formula is C16H18BrNO3. The van der Waals surface area contributed by atoms with Gasteiger partial charge in [-0.1, -0.05) is 0 Å². The lowest BCUT2D eigenvalue weighted by Crippen LogP contribution is -2.02. The van der Waals surface area contributed by atoms with Crippen LogP contribution in [0, 0.1) is 0 Å². The van der Waals surface area contributed by atoms with Crippen molar-refractivity contribution in [3.8, 4) is 17.2 Å². The standard InChI is InChI=1S/C16H18BrNO3/c1-3-21-16-14(17)8-11(9-15(16)20-2)10-18-12-4-6-13(19)7-5-12/h4-9,18-19H,3,10H2,1-2H3. The molecule has 2 aromatic rings. The average molecular weight is 352 g/mol. The Labute approximate surface area is 132 Å². The topological polar surface area (TPSA) is 50.7 Å². The molecule has 0 spiro atoms. The van der Waals surface area contributed by atoms with Gasteiger partial charge >= 0.3 is 0 Å². The van der Waals surface area contributed by atoms with Crippen molar-refractivity contribution in [2.24, 2.45) is 0 Å². The minimum Gasteiger partial charge on any atom is -0.508 e. The van der Waals surface area contributed by atoms with Crippen LogP contribution in [0.15, 0.2) is 40.9 Å². The number of anilines is 1. The number of halogens is 1. The van der Waals surface area contributed by atoms with Crippen LogP contribution in [-0.2, 0) is 6.54 Å². The number of hydrogen-bond donors (Lipinski definition) is 2. The molecule has 4 nitrogen and oxygen atoms in total. The quantitative estimate of drug-likeness (QED) is 0.766. The number of hydrogen-bond acceptors (Lipinski definition) is 4. The minimum absolute atomic E-state index is 0.256. The lowest BCUT2D eigenvalue weighted by atomic mass is 10.2. The summed E-state index contributed by atoms with van der Waals surface area (Å²) in [6.45, 7) is 3.17. The Morgan fingerprint density at radius 3 is 2.52 bits per heavy atom. The van der Waals surface area contributed by atoms with Crippen LogP contribution in [0.3, 0.4) is 0 Å². The molecule has 0 saturated heterocycles. The fourth-order valence-corrected chi connectivity index (χ4v) is 2.55. The maximum Gasteiger partial charge on any atom is 0.175 e. The molecule has 5 heteroatoms. The Morgan fingerprint density at radius 2 is 1.90 bits per heavy atom. The molecule has 0 radical (unpaired) electrons. The highest BCUT2D eigenvalue weighted by atomic mass is 79.9. The highest BCUT2D eigenvalue weighted by molar-refractivity contribution is 9.10. The van der Waals surface area contributed by atoms with E-state index >= 15 is 0 Å². The van der Waals surface area contributed by atoms with Gasteiger partial charge in [-0.25, -0.2) is 0 Å². The van der Waals surface area contributed by atoms with Gasteiger partial charge in [0.15, 0.2) is 11.5 Å². The Kier molecular flexibility index (Phi) is 5.33. The van der Waals surface area contributed by atoms with Crippen molar-refractivity contribution in [1.82, 2.24) is 0 Å². The van der Waals surface area contributed by atoms with E-state index in [4.69, 9.17) is 9.47 Å². The Morgan fingerprint density at radius 1 is 1.19 bits per heavy atom. The van der Waals surface area contributed by atoms with Crippen molar-refractivity contribution in [1.29, 1.82) is 0 Å². The second kappa shape index (κ2) is 7.22. The summed E-state index contributed by atoms with van der Waals surface area (Å²) < 4.78 is 11.8. The number of nitrogens with one attached hydrogen (secondary N) is 1. The van der Waals surface area contributed by atoms with E-state index in [-0.39, 0.29) is 5.75 Å². The molecule has 0 aliphatic carbocycles. The predicted molar refractivity (Wildman–Crippen MR) is 87.3 cm³/mol. The van der Waals surface area contributed by atoms with Crippen LogP contribution >= 0.6 is 15.9 Å². The molecule has 2 N–H and O–H groups in total. The monoisotopic (exact) mass is 351 g/mol. The zero-order chi connectivity index (χ0) is 15.2. The predicted octanol–water partition coefficient (Wildman–Crippen LogP) is 4.17. The Balaban J connectivity index is 2.13. The Hall–Kier alpha value is -1.88. The van der Waals surface area contributed by atoms with Gasteiger partial charge in [0, 0.05) is 12.2 Å². The summed E-state index contributed by atoms with van der Waals surface area (Å²) in [7, 11) is 1.63. The van der Waals surface area contributed by atoms with E-state index in [1.807, 2.05) is 31.2 Å². The molecule has 112 valence electrons. The molecule has 0 aliphatic heterocycles. The molecule has 0 saturated carbocycles. The number of methoxy groups -OCH3 is 1. The van der Waals surface area contributed by atoms with Crippen LogP contribution in [0.25, 0.3) is 0 Å². The van der Waals surface area contributed by atoms with Gasteiger partial charge in [0.05, 0.1) is 18.2 Å². The normalized spacial score (nSPS) is 10.2. The van der Waals surface area contributed by atoms with Crippen LogP contribution < -0.4 is 14.8 Å². The number of ether oxygens (including phenoxy) is 2. The lowest BCUT2D eigenvalue weighted by Gasteiger charge is -2.14. The third-order valence-corrected chi connectivity index (χ3v) is 3.53. The van der Waals surface area contributed by atoms with Gasteiger partial charge in [0.2, 0.25) is 0 Å². The molecule has 0 aliphatic rings. The molecule has 21 heavy (non-hydrogen) atoms. The van der Waals surface area contributed by atoms with Gasteiger partial charge in [-0.2, -0.15) is 0 Å². The zero-order valence-corrected chi connectivity index (χ0v) is 13.6. The summed E-state index contributed by atoms with van der Waals surface area (Å²) in [5.41, 5.74) is 2.01. The number of rotatable bonds is 6. The summed E-state index contributed by atoms with van der Waals surface area (Å²) in [6.07, 6.45) is 0. The van der Waals surface area contributed by atoms with Crippen molar-refractivity contribution in [3.05, 3.63) is 46.4 Å². The van der Waals surface area contributed by atoms with Crippen LogP contribution in [0.2, 0.25) is 0 Å². The van der Waals surface area contributed by atoms with E-state index in [0.717, 1.165) is 15.7 Å². The second-order valence-electron chi connectivity index (χ2n) is 4.44. The van der Waals surface area contributed by atoms with Crippen LogP contribution in [0.5, 0.6) is 17.2 Å². The van der Waals surface area contributed by atoms with E-state index in [2.05, 4.69) is 21.2 Å². The van der Waals surface area contributed by atoms with Crippen LogP contribution in [0.1, 0.15) is 12.5 Å². The molecule has 0 aromatic heterocycles. The SMILES string of the molecule is CCOc1c(Br)cc(CNc2ccc(O)cc2)cc1OC. The first kappa shape index (κ1) is 15.5. The molecule has 0 amide bonds. The third-order valence-electron chi connectivity index (χ3n) is 2.94. The Bertz CT molecular complexity index is 599. The number of aromatic hydroxyl groups is 1. The van der Waals surface area contributed by atoms with Crippen molar-refractivity contribution in [3.63, 3.8) is 0 Å². The largest absolute Gasteiger partial charge is 0.508 e.